The van der Waals surface area contributed by atoms with E-state index in [1.54, 1.807) is 12.1 Å². The van der Waals surface area contributed by atoms with Gasteiger partial charge < -0.3 is 4.90 Å². The van der Waals surface area contributed by atoms with E-state index < -0.39 is 20.0 Å². The average molecular weight is 466 g/mol. The van der Waals surface area contributed by atoms with Crippen LogP contribution in [-0.2, 0) is 31.3 Å². The first-order valence-electron chi connectivity index (χ1n) is 9.74. The smallest absolute Gasteiger partial charge is 0.247 e. The molecular formula is C21H27N3O5S2. The normalized spacial score (nSPS) is 14.1. The van der Waals surface area contributed by atoms with E-state index in [2.05, 4.69) is 0 Å². The lowest BCUT2D eigenvalue weighted by Crippen LogP contribution is -2.42. The van der Waals surface area contributed by atoms with E-state index >= 15 is 0 Å². The quantitative estimate of drug-likeness (QED) is 0.650. The van der Waals surface area contributed by atoms with Crippen LogP contribution in [0.1, 0.15) is 16.7 Å². The zero-order valence-corrected chi connectivity index (χ0v) is 19.9. The molecule has 0 aliphatic carbocycles. The molecule has 0 saturated heterocycles. The fraction of sp³-hybridized carbons (Fsp3) is 0.381. The number of carbonyl (C=O) groups excluding carboxylic acids is 1. The Morgan fingerprint density at radius 3 is 2.19 bits per heavy atom. The van der Waals surface area contributed by atoms with Crippen LogP contribution in [0.25, 0.3) is 0 Å². The van der Waals surface area contributed by atoms with Crippen LogP contribution in [0, 0.1) is 13.8 Å². The third-order valence-electron chi connectivity index (χ3n) is 5.39. The highest BCUT2D eigenvalue weighted by Gasteiger charge is 2.31. The molecule has 0 N–H and O–H groups in total. The Kier molecular flexibility index (Phi) is 6.18. The summed E-state index contributed by atoms with van der Waals surface area (Å²) in [7, 11) is -4.35. The van der Waals surface area contributed by atoms with Crippen molar-refractivity contribution >= 4 is 37.3 Å². The third kappa shape index (κ3) is 4.46. The molecule has 1 aliphatic rings. The number of nitrogens with zero attached hydrogens (tertiary/aromatic N) is 3. The van der Waals surface area contributed by atoms with Gasteiger partial charge in [0.2, 0.25) is 26.0 Å². The molecule has 0 spiro atoms. The van der Waals surface area contributed by atoms with Gasteiger partial charge in [0, 0.05) is 26.3 Å². The van der Waals surface area contributed by atoms with E-state index in [1.807, 2.05) is 32.0 Å². The molecule has 0 fully saturated rings. The van der Waals surface area contributed by atoms with Gasteiger partial charge in [-0.1, -0.05) is 18.2 Å². The monoisotopic (exact) mass is 465 g/mol. The highest BCUT2D eigenvalue weighted by Crippen LogP contribution is 2.32. The number of amides is 1. The van der Waals surface area contributed by atoms with Gasteiger partial charge in [0.1, 0.15) is 6.54 Å². The van der Waals surface area contributed by atoms with Gasteiger partial charge in [-0.25, -0.2) is 21.1 Å². The van der Waals surface area contributed by atoms with Crippen LogP contribution in [0.3, 0.4) is 0 Å². The number of fused-ring (bicyclic) bond motifs is 1. The third-order valence-corrected chi connectivity index (χ3v) is 8.32. The van der Waals surface area contributed by atoms with Gasteiger partial charge in [0.25, 0.3) is 0 Å². The van der Waals surface area contributed by atoms with Gasteiger partial charge in [-0.3, -0.25) is 9.10 Å². The molecule has 0 aromatic heterocycles. The molecule has 3 rings (SSSR count). The summed E-state index contributed by atoms with van der Waals surface area (Å²) < 4.78 is 52.1. The van der Waals surface area contributed by atoms with Crippen molar-refractivity contribution in [2.24, 2.45) is 0 Å². The van der Waals surface area contributed by atoms with Crippen LogP contribution in [0.15, 0.2) is 41.3 Å². The van der Waals surface area contributed by atoms with Crippen molar-refractivity contribution in [2.75, 3.05) is 42.6 Å². The first-order valence-corrected chi connectivity index (χ1v) is 13.0. The first kappa shape index (κ1) is 23.2. The molecule has 1 aliphatic heterocycles. The van der Waals surface area contributed by atoms with Gasteiger partial charge in [-0.15, -0.1) is 0 Å². The van der Waals surface area contributed by atoms with Crippen molar-refractivity contribution in [3.05, 3.63) is 53.1 Å². The predicted molar refractivity (Wildman–Crippen MR) is 121 cm³/mol. The molecule has 0 saturated carbocycles. The van der Waals surface area contributed by atoms with Crippen molar-refractivity contribution in [1.82, 2.24) is 4.31 Å². The van der Waals surface area contributed by atoms with Crippen LogP contribution in [-0.4, -0.2) is 60.5 Å². The molecule has 31 heavy (non-hydrogen) atoms. The summed E-state index contributed by atoms with van der Waals surface area (Å²) in [6.07, 6.45) is 1.59. The Labute approximate surface area is 184 Å². The molecule has 168 valence electrons. The molecule has 1 heterocycles. The average Bonchev–Trinajstić information content (AvgIpc) is 3.09. The minimum absolute atomic E-state index is 0.166. The van der Waals surface area contributed by atoms with Crippen LogP contribution in [0.5, 0.6) is 0 Å². The molecule has 0 unspecified atom stereocenters. The van der Waals surface area contributed by atoms with E-state index in [-0.39, 0.29) is 17.3 Å². The van der Waals surface area contributed by atoms with E-state index in [0.717, 1.165) is 31.6 Å². The van der Waals surface area contributed by atoms with Crippen LogP contribution in [0.4, 0.5) is 11.4 Å². The van der Waals surface area contributed by atoms with E-state index in [4.69, 9.17) is 0 Å². The lowest BCUT2D eigenvalue weighted by molar-refractivity contribution is -0.117. The van der Waals surface area contributed by atoms with Crippen molar-refractivity contribution in [3.63, 3.8) is 0 Å². The lowest BCUT2D eigenvalue weighted by Gasteiger charge is -2.28. The molecule has 0 radical (unpaired) electrons. The number of sulfonamides is 2. The summed E-state index contributed by atoms with van der Waals surface area (Å²) in [4.78, 5) is 14.8. The lowest BCUT2D eigenvalue weighted by atomic mass is 10.1. The fourth-order valence-corrected chi connectivity index (χ4v) is 5.70. The largest absolute Gasteiger partial charge is 0.310 e. The second-order valence-electron chi connectivity index (χ2n) is 7.88. The fourth-order valence-electron chi connectivity index (χ4n) is 3.78. The maximum absolute atomic E-state index is 13.1. The van der Waals surface area contributed by atoms with Gasteiger partial charge in [-0.05, 0) is 55.2 Å². The molecular weight excluding hydrogens is 438 g/mol. The second-order valence-corrected chi connectivity index (χ2v) is 11.9. The number of hydrogen-bond donors (Lipinski definition) is 0. The molecule has 8 nitrogen and oxygen atoms in total. The van der Waals surface area contributed by atoms with E-state index in [1.165, 1.54) is 25.1 Å². The SMILES string of the molecule is Cc1cccc(C)c1N(CC(=O)N1CCc2cc(S(=O)(=O)N(C)C)ccc21)S(C)(=O)=O. The van der Waals surface area contributed by atoms with Crippen molar-refractivity contribution < 1.29 is 21.6 Å². The Bertz CT molecular complexity index is 1220. The van der Waals surface area contributed by atoms with Crippen molar-refractivity contribution in [1.29, 1.82) is 0 Å². The second kappa shape index (κ2) is 8.25. The summed E-state index contributed by atoms with van der Waals surface area (Å²) in [5.41, 5.74) is 3.38. The maximum atomic E-state index is 13.1. The Morgan fingerprint density at radius 2 is 1.65 bits per heavy atom. The number of hydrogen-bond acceptors (Lipinski definition) is 5. The Hall–Kier alpha value is -2.43. The van der Waals surface area contributed by atoms with Gasteiger partial charge >= 0.3 is 0 Å². The Balaban J connectivity index is 1.93. The summed E-state index contributed by atoms with van der Waals surface area (Å²) in [5, 5.41) is 0. The summed E-state index contributed by atoms with van der Waals surface area (Å²) >= 11 is 0. The van der Waals surface area contributed by atoms with Crippen molar-refractivity contribution in [2.45, 2.75) is 25.2 Å². The maximum Gasteiger partial charge on any atom is 0.247 e. The van der Waals surface area contributed by atoms with Gasteiger partial charge in [0.15, 0.2) is 0 Å². The van der Waals surface area contributed by atoms with E-state index in [0.29, 0.717) is 24.3 Å². The zero-order chi connectivity index (χ0) is 23.1. The summed E-state index contributed by atoms with van der Waals surface area (Å²) in [6, 6.07) is 10.1. The number of benzene rings is 2. The summed E-state index contributed by atoms with van der Waals surface area (Å²) in [5.74, 6) is -0.366. The molecule has 2 aromatic carbocycles. The number of aryl methyl sites for hydroxylation is 2. The molecule has 1 amide bonds. The van der Waals surface area contributed by atoms with Crippen molar-refractivity contribution in [3.8, 4) is 0 Å². The number of anilines is 2. The highest BCUT2D eigenvalue weighted by molar-refractivity contribution is 7.92. The molecule has 2 aromatic rings. The molecule has 10 heteroatoms. The molecule has 0 bridgehead atoms. The topological polar surface area (TPSA) is 95.1 Å². The number of rotatable bonds is 6. The zero-order valence-electron chi connectivity index (χ0n) is 18.3. The van der Waals surface area contributed by atoms with Crippen LogP contribution < -0.4 is 9.21 Å². The standard InChI is InChI=1S/C21H27N3O5S2/c1-15-7-6-8-16(2)21(15)24(30(5,26)27)14-20(25)23-12-11-17-13-18(9-10-19(17)23)31(28,29)22(3)4/h6-10,13H,11-12,14H2,1-5H3. The number of carbonyl (C=O) groups is 1. The predicted octanol–water partition coefficient (Wildman–Crippen LogP) is 1.91. The summed E-state index contributed by atoms with van der Waals surface area (Å²) in [6.45, 7) is 3.65. The molecule has 0 atom stereocenters. The van der Waals surface area contributed by atoms with Crippen LogP contribution >= 0.6 is 0 Å². The van der Waals surface area contributed by atoms with Gasteiger partial charge in [-0.2, -0.15) is 0 Å². The highest BCUT2D eigenvalue weighted by atomic mass is 32.2. The number of para-hydroxylation sites is 1. The first-order chi connectivity index (χ1) is 14.3. The Morgan fingerprint density at radius 1 is 1.03 bits per heavy atom. The van der Waals surface area contributed by atoms with Crippen LogP contribution in [0.2, 0.25) is 0 Å². The minimum Gasteiger partial charge on any atom is -0.310 e. The van der Waals surface area contributed by atoms with E-state index in [9.17, 15) is 21.6 Å². The minimum atomic E-state index is -3.70. The van der Waals surface area contributed by atoms with Gasteiger partial charge in [0.05, 0.1) is 16.8 Å².